The van der Waals surface area contributed by atoms with Crippen LogP contribution in [0.2, 0.25) is 0 Å². The Labute approximate surface area is 140 Å². The minimum absolute atomic E-state index is 0.163. The van der Waals surface area contributed by atoms with Crippen LogP contribution in [-0.4, -0.2) is 68.9 Å². The molecule has 138 valence electrons. The molecule has 0 spiro atoms. The maximum atomic E-state index is 11.4. The standard InChI is InChI=1S/C15H24O9/c1-6-20-13-12(22-9(3)17)11(7-21-8(2)16)24-15(19-5)14(13)23-10(4)18/h11-15H,6-7H2,1-5H3. The zero-order valence-corrected chi connectivity index (χ0v) is 14.5. The van der Waals surface area contributed by atoms with Crippen molar-refractivity contribution in [3.8, 4) is 0 Å². The Morgan fingerprint density at radius 3 is 1.96 bits per heavy atom. The van der Waals surface area contributed by atoms with Crippen LogP contribution in [-0.2, 0) is 42.8 Å². The number of methoxy groups -OCH3 is 1. The number of rotatable bonds is 7. The number of esters is 3. The third-order valence-electron chi connectivity index (χ3n) is 3.24. The van der Waals surface area contributed by atoms with Crippen molar-refractivity contribution in [3.05, 3.63) is 0 Å². The SMILES string of the molecule is CCOC1C(OC(C)=O)C(COC(C)=O)OC(OC)C1OC(C)=O. The fourth-order valence-corrected chi connectivity index (χ4v) is 2.43. The Morgan fingerprint density at radius 1 is 0.917 bits per heavy atom. The van der Waals surface area contributed by atoms with Crippen LogP contribution < -0.4 is 0 Å². The molecule has 0 aromatic rings. The largest absolute Gasteiger partial charge is 0.463 e. The summed E-state index contributed by atoms with van der Waals surface area (Å²) in [6.07, 6.45) is -4.49. The Bertz CT molecular complexity index is 450. The molecule has 0 radical (unpaired) electrons. The van der Waals surface area contributed by atoms with Crippen LogP contribution in [0, 0.1) is 0 Å². The van der Waals surface area contributed by atoms with Crippen molar-refractivity contribution < 1.29 is 42.8 Å². The lowest BCUT2D eigenvalue weighted by Gasteiger charge is -2.44. The average molecular weight is 348 g/mol. The van der Waals surface area contributed by atoms with E-state index in [9.17, 15) is 14.4 Å². The second-order valence-corrected chi connectivity index (χ2v) is 5.15. The van der Waals surface area contributed by atoms with Crippen LogP contribution >= 0.6 is 0 Å². The Kier molecular flexibility index (Phi) is 8.09. The van der Waals surface area contributed by atoms with E-state index >= 15 is 0 Å². The molecule has 5 unspecified atom stereocenters. The molecule has 0 saturated carbocycles. The van der Waals surface area contributed by atoms with E-state index in [0.717, 1.165) is 0 Å². The minimum atomic E-state index is -0.960. The smallest absolute Gasteiger partial charge is 0.303 e. The molecule has 24 heavy (non-hydrogen) atoms. The van der Waals surface area contributed by atoms with Gasteiger partial charge in [0.1, 0.15) is 18.8 Å². The highest BCUT2D eigenvalue weighted by molar-refractivity contribution is 5.67. The van der Waals surface area contributed by atoms with Gasteiger partial charge in [-0.2, -0.15) is 0 Å². The van der Waals surface area contributed by atoms with E-state index in [1.165, 1.54) is 27.9 Å². The van der Waals surface area contributed by atoms with Crippen LogP contribution in [0.4, 0.5) is 0 Å². The molecule has 1 fully saturated rings. The van der Waals surface area contributed by atoms with E-state index in [0.29, 0.717) is 0 Å². The number of ether oxygens (including phenoxy) is 6. The topological polar surface area (TPSA) is 107 Å². The van der Waals surface area contributed by atoms with Crippen molar-refractivity contribution in [1.29, 1.82) is 0 Å². The number of carbonyl (C=O) groups is 3. The summed E-state index contributed by atoms with van der Waals surface area (Å²) >= 11 is 0. The lowest BCUT2D eigenvalue weighted by atomic mass is 9.98. The van der Waals surface area contributed by atoms with Crippen molar-refractivity contribution >= 4 is 17.9 Å². The molecular weight excluding hydrogens is 324 g/mol. The van der Waals surface area contributed by atoms with Gasteiger partial charge in [-0.3, -0.25) is 14.4 Å². The van der Waals surface area contributed by atoms with Gasteiger partial charge in [-0.25, -0.2) is 0 Å². The molecule has 0 aromatic carbocycles. The average Bonchev–Trinajstić information content (AvgIpc) is 2.48. The highest BCUT2D eigenvalue weighted by Crippen LogP contribution is 2.29. The number of hydrogen-bond acceptors (Lipinski definition) is 9. The molecule has 0 bridgehead atoms. The lowest BCUT2D eigenvalue weighted by molar-refractivity contribution is -0.306. The molecule has 1 heterocycles. The Morgan fingerprint density at radius 2 is 1.50 bits per heavy atom. The van der Waals surface area contributed by atoms with E-state index in [-0.39, 0.29) is 13.2 Å². The van der Waals surface area contributed by atoms with Gasteiger partial charge in [-0.05, 0) is 6.92 Å². The van der Waals surface area contributed by atoms with Gasteiger partial charge in [0.05, 0.1) is 0 Å². The maximum absolute atomic E-state index is 11.4. The first-order valence-corrected chi connectivity index (χ1v) is 7.57. The first kappa shape index (κ1) is 20.3. The Balaban J connectivity index is 3.09. The third kappa shape index (κ3) is 5.73. The summed E-state index contributed by atoms with van der Waals surface area (Å²) in [6.45, 7) is 5.57. The molecular formula is C15H24O9. The van der Waals surface area contributed by atoms with E-state index in [1.54, 1.807) is 6.92 Å². The highest BCUT2D eigenvalue weighted by Gasteiger charge is 2.51. The van der Waals surface area contributed by atoms with Crippen LogP contribution in [0.1, 0.15) is 27.7 Å². The fourth-order valence-electron chi connectivity index (χ4n) is 2.43. The van der Waals surface area contributed by atoms with Gasteiger partial charge < -0.3 is 28.4 Å². The quantitative estimate of drug-likeness (QED) is 0.470. The molecule has 0 N–H and O–H groups in total. The maximum Gasteiger partial charge on any atom is 0.303 e. The van der Waals surface area contributed by atoms with Gasteiger partial charge in [0, 0.05) is 34.5 Å². The summed E-state index contributed by atoms with van der Waals surface area (Å²) in [4.78, 5) is 33.9. The summed E-state index contributed by atoms with van der Waals surface area (Å²) in [6, 6.07) is 0. The minimum Gasteiger partial charge on any atom is -0.463 e. The van der Waals surface area contributed by atoms with Crippen LogP contribution in [0.25, 0.3) is 0 Å². The van der Waals surface area contributed by atoms with E-state index < -0.39 is 48.6 Å². The van der Waals surface area contributed by atoms with E-state index in [1.807, 2.05) is 0 Å². The van der Waals surface area contributed by atoms with Crippen molar-refractivity contribution in [2.75, 3.05) is 20.3 Å². The molecule has 0 aromatic heterocycles. The predicted molar refractivity (Wildman–Crippen MR) is 78.8 cm³/mol. The molecule has 1 aliphatic rings. The van der Waals surface area contributed by atoms with Gasteiger partial charge in [0.25, 0.3) is 0 Å². The molecule has 1 rings (SSSR count). The summed E-state index contributed by atoms with van der Waals surface area (Å²) in [5, 5.41) is 0. The van der Waals surface area contributed by atoms with Crippen LogP contribution in [0.5, 0.6) is 0 Å². The molecule has 1 aliphatic heterocycles. The molecule has 5 atom stereocenters. The van der Waals surface area contributed by atoms with Gasteiger partial charge in [0.15, 0.2) is 18.5 Å². The van der Waals surface area contributed by atoms with Gasteiger partial charge >= 0.3 is 17.9 Å². The van der Waals surface area contributed by atoms with Crippen molar-refractivity contribution in [3.63, 3.8) is 0 Å². The van der Waals surface area contributed by atoms with Crippen LogP contribution in [0.15, 0.2) is 0 Å². The first-order chi connectivity index (χ1) is 11.3. The first-order valence-electron chi connectivity index (χ1n) is 7.57. The van der Waals surface area contributed by atoms with E-state index in [4.69, 9.17) is 28.4 Å². The van der Waals surface area contributed by atoms with Crippen molar-refractivity contribution in [1.82, 2.24) is 0 Å². The zero-order valence-electron chi connectivity index (χ0n) is 14.5. The summed E-state index contributed by atoms with van der Waals surface area (Å²) in [5.41, 5.74) is 0. The highest BCUT2D eigenvalue weighted by atomic mass is 16.7. The van der Waals surface area contributed by atoms with Gasteiger partial charge in [-0.1, -0.05) is 0 Å². The summed E-state index contributed by atoms with van der Waals surface area (Å²) in [7, 11) is 1.37. The third-order valence-corrected chi connectivity index (χ3v) is 3.24. The van der Waals surface area contributed by atoms with E-state index in [2.05, 4.69) is 0 Å². The fraction of sp³-hybridized carbons (Fsp3) is 0.800. The lowest BCUT2D eigenvalue weighted by Crippen LogP contribution is -2.62. The monoisotopic (exact) mass is 348 g/mol. The zero-order chi connectivity index (χ0) is 18.3. The number of carbonyl (C=O) groups excluding carboxylic acids is 3. The summed E-state index contributed by atoms with van der Waals surface area (Å²) < 4.78 is 32.0. The van der Waals surface area contributed by atoms with Crippen molar-refractivity contribution in [2.45, 2.75) is 58.4 Å². The van der Waals surface area contributed by atoms with Crippen LogP contribution in [0.3, 0.4) is 0 Å². The predicted octanol–water partition coefficient (Wildman–Crippen LogP) is 0.189. The second kappa shape index (κ2) is 9.55. The molecule has 9 nitrogen and oxygen atoms in total. The molecule has 0 amide bonds. The van der Waals surface area contributed by atoms with Gasteiger partial charge in [-0.15, -0.1) is 0 Å². The van der Waals surface area contributed by atoms with Gasteiger partial charge in [0.2, 0.25) is 0 Å². The Hall–Kier alpha value is -1.71. The van der Waals surface area contributed by atoms with Crippen molar-refractivity contribution in [2.24, 2.45) is 0 Å². The number of hydrogen-bond donors (Lipinski definition) is 0. The summed E-state index contributed by atoms with van der Waals surface area (Å²) in [5.74, 6) is -1.64. The second-order valence-electron chi connectivity index (χ2n) is 5.15. The normalized spacial score (nSPS) is 29.6. The molecule has 1 saturated heterocycles. The molecule has 0 aliphatic carbocycles. The molecule has 9 heteroatoms.